The molecule has 0 aliphatic carbocycles. The number of thiazole rings is 1. The molecule has 1 aliphatic rings. The lowest BCUT2D eigenvalue weighted by atomic mass is 10.1. The van der Waals surface area contributed by atoms with E-state index >= 15 is 0 Å². The molecular weight excluding hydrogens is 523 g/mol. The molecule has 1 aliphatic heterocycles. The number of benzene rings is 1. The lowest BCUT2D eigenvalue weighted by molar-refractivity contribution is -0.00805. The zero-order valence-electron chi connectivity index (χ0n) is 18.1. The highest BCUT2D eigenvalue weighted by Gasteiger charge is 2.25. The minimum absolute atomic E-state index is 0. The van der Waals surface area contributed by atoms with Crippen LogP contribution in [0.1, 0.15) is 29.2 Å². The molecule has 0 radical (unpaired) electrons. The highest BCUT2D eigenvalue weighted by atomic mass is 127. The first-order valence-corrected chi connectivity index (χ1v) is 11.1. The Morgan fingerprint density at radius 3 is 2.84 bits per heavy atom. The largest absolute Gasteiger partial charge is 0.370 e. The highest BCUT2D eigenvalue weighted by molar-refractivity contribution is 14.0. The van der Waals surface area contributed by atoms with Gasteiger partial charge in [-0.1, -0.05) is 30.3 Å². The second kappa shape index (κ2) is 11.1. The number of guanidine groups is 1. The van der Waals surface area contributed by atoms with E-state index in [1.807, 2.05) is 42.3 Å². The summed E-state index contributed by atoms with van der Waals surface area (Å²) in [6, 6.07) is 10.3. The van der Waals surface area contributed by atoms with Gasteiger partial charge in [-0.3, -0.25) is 4.68 Å². The summed E-state index contributed by atoms with van der Waals surface area (Å²) < 4.78 is 7.80. The molecule has 2 aromatic heterocycles. The van der Waals surface area contributed by atoms with Gasteiger partial charge in [-0.2, -0.15) is 5.10 Å². The van der Waals surface area contributed by atoms with E-state index < -0.39 is 0 Å². The molecule has 0 saturated carbocycles. The fourth-order valence-corrected chi connectivity index (χ4v) is 4.49. The van der Waals surface area contributed by atoms with Crippen molar-refractivity contribution in [2.24, 2.45) is 12.0 Å². The molecule has 0 spiro atoms. The number of halogens is 1. The van der Waals surface area contributed by atoms with E-state index in [1.165, 1.54) is 4.88 Å². The molecule has 1 atom stereocenters. The summed E-state index contributed by atoms with van der Waals surface area (Å²) in [5.41, 5.74) is 3.30. The number of aryl methyl sites for hydroxylation is 2. The Balaban J connectivity index is 0.00000272. The molecule has 166 valence electrons. The number of ether oxygens (including phenoxy) is 1. The Bertz CT molecular complexity index is 1000. The number of aliphatic imine (C=N–C) groups is 1. The molecular formula is C22H29IN6OS. The second-order valence-corrected chi connectivity index (χ2v) is 8.40. The molecule has 31 heavy (non-hydrogen) atoms. The number of morpholine rings is 1. The Morgan fingerprint density at radius 2 is 2.13 bits per heavy atom. The van der Waals surface area contributed by atoms with Gasteiger partial charge in [0.15, 0.2) is 5.96 Å². The van der Waals surface area contributed by atoms with Crippen molar-refractivity contribution in [3.8, 4) is 10.6 Å². The van der Waals surface area contributed by atoms with E-state index in [-0.39, 0.29) is 30.1 Å². The van der Waals surface area contributed by atoms with E-state index in [2.05, 4.69) is 41.3 Å². The van der Waals surface area contributed by atoms with E-state index in [4.69, 9.17) is 14.7 Å². The van der Waals surface area contributed by atoms with Gasteiger partial charge in [-0.15, -0.1) is 35.3 Å². The van der Waals surface area contributed by atoms with Crippen LogP contribution < -0.4 is 5.32 Å². The summed E-state index contributed by atoms with van der Waals surface area (Å²) in [5, 5.41) is 8.77. The van der Waals surface area contributed by atoms with E-state index in [1.54, 1.807) is 11.3 Å². The Morgan fingerprint density at radius 1 is 1.32 bits per heavy atom. The van der Waals surface area contributed by atoms with Gasteiger partial charge < -0.3 is 15.0 Å². The third-order valence-corrected chi connectivity index (χ3v) is 6.27. The van der Waals surface area contributed by atoms with Gasteiger partial charge in [0.1, 0.15) is 11.1 Å². The molecule has 0 bridgehead atoms. The van der Waals surface area contributed by atoms with Gasteiger partial charge in [0.25, 0.3) is 0 Å². The minimum Gasteiger partial charge on any atom is -0.370 e. The van der Waals surface area contributed by atoms with Gasteiger partial charge in [0.05, 0.1) is 31.6 Å². The monoisotopic (exact) mass is 552 g/mol. The average Bonchev–Trinajstić information content (AvgIpc) is 3.37. The SMILES string of the molecule is CCNC(=NCc1sc(-c2ccccc2)nc1C)N1CCOC(c2cnn(C)c2)C1.I. The first-order chi connectivity index (χ1) is 14.6. The van der Waals surface area contributed by atoms with Crippen molar-refractivity contribution >= 4 is 41.3 Å². The minimum atomic E-state index is 0. The van der Waals surface area contributed by atoms with Gasteiger partial charge in [0.2, 0.25) is 0 Å². The standard InChI is InChI=1S/C22H28N6OS.HI/c1-4-23-22(28-10-11-29-19(15-28)18-12-25-27(3)14-18)24-13-20-16(2)26-21(30-20)17-8-6-5-7-9-17;/h5-9,12,14,19H,4,10-11,13,15H2,1-3H3,(H,23,24);1H. The third-order valence-electron chi connectivity index (χ3n) is 5.08. The Hall–Kier alpha value is -1.98. The maximum atomic E-state index is 5.98. The summed E-state index contributed by atoms with van der Waals surface area (Å²) >= 11 is 1.72. The molecule has 1 N–H and O–H groups in total. The maximum Gasteiger partial charge on any atom is 0.194 e. The van der Waals surface area contributed by atoms with Crippen LogP contribution in [0.5, 0.6) is 0 Å². The maximum absolute atomic E-state index is 5.98. The van der Waals surface area contributed by atoms with Crippen molar-refractivity contribution in [3.05, 3.63) is 58.9 Å². The molecule has 1 fully saturated rings. The lowest BCUT2D eigenvalue weighted by Crippen LogP contribution is -2.48. The molecule has 3 aromatic rings. The molecule has 9 heteroatoms. The lowest BCUT2D eigenvalue weighted by Gasteiger charge is -2.34. The Labute approximate surface area is 204 Å². The van der Waals surface area contributed by atoms with Crippen LogP contribution in [-0.4, -0.2) is 51.9 Å². The first-order valence-electron chi connectivity index (χ1n) is 10.3. The molecule has 0 amide bonds. The van der Waals surface area contributed by atoms with Crippen LogP contribution in [0.3, 0.4) is 0 Å². The van der Waals surface area contributed by atoms with Crippen LogP contribution in [0, 0.1) is 6.92 Å². The fourth-order valence-electron chi connectivity index (χ4n) is 3.50. The van der Waals surface area contributed by atoms with Crippen LogP contribution in [0.2, 0.25) is 0 Å². The van der Waals surface area contributed by atoms with Gasteiger partial charge in [-0.25, -0.2) is 9.98 Å². The number of aromatic nitrogens is 3. The van der Waals surface area contributed by atoms with Crippen LogP contribution >= 0.6 is 35.3 Å². The van der Waals surface area contributed by atoms with E-state index in [0.29, 0.717) is 13.2 Å². The zero-order valence-corrected chi connectivity index (χ0v) is 21.3. The number of nitrogens with zero attached hydrogens (tertiary/aromatic N) is 5. The number of hydrogen-bond acceptors (Lipinski definition) is 5. The Kier molecular flexibility index (Phi) is 8.44. The molecule has 1 saturated heterocycles. The topological polar surface area (TPSA) is 67.6 Å². The smallest absolute Gasteiger partial charge is 0.194 e. The molecule has 1 unspecified atom stereocenters. The second-order valence-electron chi connectivity index (χ2n) is 7.32. The zero-order chi connectivity index (χ0) is 20.9. The highest BCUT2D eigenvalue weighted by Crippen LogP contribution is 2.28. The number of rotatable bonds is 5. The molecule has 3 heterocycles. The third kappa shape index (κ3) is 5.83. The number of hydrogen-bond donors (Lipinski definition) is 1. The van der Waals surface area contributed by atoms with Crippen molar-refractivity contribution in [2.45, 2.75) is 26.5 Å². The molecule has 7 nitrogen and oxygen atoms in total. The summed E-state index contributed by atoms with van der Waals surface area (Å²) in [6.45, 7) is 7.85. The van der Waals surface area contributed by atoms with Crippen LogP contribution in [-0.2, 0) is 18.3 Å². The van der Waals surface area contributed by atoms with Crippen molar-refractivity contribution in [1.29, 1.82) is 0 Å². The predicted octanol–water partition coefficient (Wildman–Crippen LogP) is 4.01. The predicted molar refractivity (Wildman–Crippen MR) is 136 cm³/mol. The van der Waals surface area contributed by atoms with Gasteiger partial charge >= 0.3 is 0 Å². The van der Waals surface area contributed by atoms with E-state index in [9.17, 15) is 0 Å². The summed E-state index contributed by atoms with van der Waals surface area (Å²) in [6.07, 6.45) is 3.90. The molecule has 4 rings (SSSR count). The average molecular weight is 552 g/mol. The normalized spacial score (nSPS) is 16.8. The summed E-state index contributed by atoms with van der Waals surface area (Å²) in [5.74, 6) is 0.920. The quantitative estimate of drug-likeness (QED) is 0.295. The van der Waals surface area contributed by atoms with Crippen molar-refractivity contribution in [1.82, 2.24) is 25.0 Å². The van der Waals surface area contributed by atoms with E-state index in [0.717, 1.165) is 47.4 Å². The van der Waals surface area contributed by atoms with Gasteiger partial charge in [-0.05, 0) is 13.8 Å². The van der Waals surface area contributed by atoms with Crippen LogP contribution in [0.15, 0.2) is 47.7 Å². The summed E-state index contributed by atoms with van der Waals surface area (Å²) in [4.78, 5) is 13.2. The van der Waals surface area contributed by atoms with Gasteiger partial charge in [0, 0.05) is 42.3 Å². The summed E-state index contributed by atoms with van der Waals surface area (Å²) in [7, 11) is 1.93. The molecule has 1 aromatic carbocycles. The fraction of sp³-hybridized carbons (Fsp3) is 0.409. The van der Waals surface area contributed by atoms with Crippen molar-refractivity contribution in [3.63, 3.8) is 0 Å². The van der Waals surface area contributed by atoms with Crippen LogP contribution in [0.4, 0.5) is 0 Å². The van der Waals surface area contributed by atoms with Crippen LogP contribution in [0.25, 0.3) is 10.6 Å². The first kappa shape index (κ1) is 23.7. The van der Waals surface area contributed by atoms with Crippen molar-refractivity contribution < 1.29 is 4.74 Å². The van der Waals surface area contributed by atoms with Crippen molar-refractivity contribution in [2.75, 3.05) is 26.2 Å². The number of nitrogens with one attached hydrogen (secondary N) is 1.